The lowest BCUT2D eigenvalue weighted by atomic mass is 10.2. The molecule has 0 atom stereocenters. The Kier molecular flexibility index (Phi) is 5.22. The maximum absolute atomic E-state index is 10.7. The number of hydrogen-bond donors (Lipinski definition) is 1. The number of halogens is 1. The van der Waals surface area contributed by atoms with Crippen molar-refractivity contribution in [2.75, 3.05) is 13.1 Å². The first-order chi connectivity index (χ1) is 7.63. The van der Waals surface area contributed by atoms with Crippen LogP contribution in [-0.4, -0.2) is 29.1 Å². The zero-order chi connectivity index (χ0) is 12.0. The predicted molar refractivity (Wildman–Crippen MR) is 67.3 cm³/mol. The third-order valence-electron chi connectivity index (χ3n) is 2.10. The molecule has 0 saturated carbocycles. The lowest BCUT2D eigenvalue weighted by Crippen LogP contribution is -2.29. The van der Waals surface area contributed by atoms with Crippen LogP contribution in [0.3, 0.4) is 0 Å². The Labute approximate surface area is 104 Å². The van der Waals surface area contributed by atoms with Gasteiger partial charge in [-0.2, -0.15) is 0 Å². The van der Waals surface area contributed by atoms with Crippen molar-refractivity contribution in [2.24, 2.45) is 0 Å². The standard InChI is InChI=1S/C12H14BrNO2/c1-2-7-14(9-12(15)16)8-10-5-3-4-6-11(10)13/h2-6H,1,7-9H2,(H,15,16). The van der Waals surface area contributed by atoms with Gasteiger partial charge in [0.05, 0.1) is 6.54 Å². The van der Waals surface area contributed by atoms with E-state index < -0.39 is 5.97 Å². The summed E-state index contributed by atoms with van der Waals surface area (Å²) in [6.45, 7) is 4.81. The van der Waals surface area contributed by atoms with Crippen molar-refractivity contribution < 1.29 is 9.90 Å². The molecule has 0 heterocycles. The molecular weight excluding hydrogens is 270 g/mol. The SMILES string of the molecule is C=CCN(CC(=O)O)Cc1ccccc1Br. The molecule has 1 aromatic carbocycles. The number of nitrogens with zero attached hydrogens (tertiary/aromatic N) is 1. The van der Waals surface area contributed by atoms with Crippen molar-refractivity contribution >= 4 is 21.9 Å². The van der Waals surface area contributed by atoms with Gasteiger partial charge in [0.25, 0.3) is 0 Å². The Bertz CT molecular complexity index is 379. The van der Waals surface area contributed by atoms with E-state index in [9.17, 15) is 4.79 Å². The van der Waals surface area contributed by atoms with E-state index >= 15 is 0 Å². The molecule has 0 aromatic heterocycles. The predicted octanol–water partition coefficient (Wildman–Crippen LogP) is 2.52. The molecule has 0 radical (unpaired) electrons. The molecule has 0 aliphatic rings. The second-order valence-electron chi connectivity index (χ2n) is 3.44. The van der Waals surface area contributed by atoms with Gasteiger partial charge in [0, 0.05) is 17.6 Å². The van der Waals surface area contributed by atoms with Crippen molar-refractivity contribution in [3.63, 3.8) is 0 Å². The molecule has 1 aromatic rings. The van der Waals surface area contributed by atoms with Gasteiger partial charge in [-0.25, -0.2) is 0 Å². The van der Waals surface area contributed by atoms with E-state index in [1.165, 1.54) is 0 Å². The topological polar surface area (TPSA) is 40.5 Å². The van der Waals surface area contributed by atoms with Gasteiger partial charge >= 0.3 is 5.97 Å². The van der Waals surface area contributed by atoms with Crippen molar-refractivity contribution in [1.29, 1.82) is 0 Å². The van der Waals surface area contributed by atoms with Gasteiger partial charge in [0.1, 0.15) is 0 Å². The lowest BCUT2D eigenvalue weighted by molar-refractivity contribution is -0.138. The number of hydrogen-bond acceptors (Lipinski definition) is 2. The van der Waals surface area contributed by atoms with E-state index in [0.717, 1.165) is 10.0 Å². The second kappa shape index (κ2) is 6.45. The maximum Gasteiger partial charge on any atom is 0.317 e. The van der Waals surface area contributed by atoms with Gasteiger partial charge in [0.15, 0.2) is 0 Å². The number of carboxylic acids is 1. The van der Waals surface area contributed by atoms with E-state index in [0.29, 0.717) is 13.1 Å². The highest BCUT2D eigenvalue weighted by molar-refractivity contribution is 9.10. The summed E-state index contributed by atoms with van der Waals surface area (Å²) >= 11 is 3.44. The van der Waals surface area contributed by atoms with E-state index in [-0.39, 0.29) is 6.54 Å². The molecule has 0 fully saturated rings. The van der Waals surface area contributed by atoms with Crippen LogP contribution in [-0.2, 0) is 11.3 Å². The largest absolute Gasteiger partial charge is 0.480 e. The summed E-state index contributed by atoms with van der Waals surface area (Å²) in [5, 5.41) is 8.77. The van der Waals surface area contributed by atoms with Crippen LogP contribution in [0.2, 0.25) is 0 Å². The van der Waals surface area contributed by atoms with Gasteiger partial charge in [-0.05, 0) is 11.6 Å². The Balaban J connectivity index is 2.71. The van der Waals surface area contributed by atoms with E-state index in [2.05, 4.69) is 22.5 Å². The number of carbonyl (C=O) groups is 1. The third kappa shape index (κ3) is 4.16. The first kappa shape index (κ1) is 12.9. The molecule has 3 nitrogen and oxygen atoms in total. The second-order valence-corrected chi connectivity index (χ2v) is 4.30. The zero-order valence-corrected chi connectivity index (χ0v) is 10.5. The summed E-state index contributed by atoms with van der Waals surface area (Å²) in [6, 6.07) is 7.79. The molecule has 1 rings (SSSR count). The minimum absolute atomic E-state index is 0.0212. The summed E-state index contributed by atoms with van der Waals surface area (Å²) in [4.78, 5) is 12.5. The first-order valence-corrected chi connectivity index (χ1v) is 5.71. The Morgan fingerprint density at radius 3 is 2.75 bits per heavy atom. The number of aliphatic carboxylic acids is 1. The highest BCUT2D eigenvalue weighted by atomic mass is 79.9. The van der Waals surface area contributed by atoms with Crippen LogP contribution in [0.1, 0.15) is 5.56 Å². The lowest BCUT2D eigenvalue weighted by Gasteiger charge is -2.18. The fraction of sp³-hybridized carbons (Fsp3) is 0.250. The molecule has 0 saturated heterocycles. The molecule has 1 N–H and O–H groups in total. The summed E-state index contributed by atoms with van der Waals surface area (Å²) in [6.07, 6.45) is 1.71. The molecule has 0 spiro atoms. The molecule has 0 aliphatic carbocycles. The smallest absolute Gasteiger partial charge is 0.317 e. The third-order valence-corrected chi connectivity index (χ3v) is 2.87. The van der Waals surface area contributed by atoms with E-state index in [1.54, 1.807) is 6.08 Å². The number of benzene rings is 1. The molecule has 0 bridgehead atoms. The molecule has 4 heteroatoms. The quantitative estimate of drug-likeness (QED) is 0.816. The number of rotatable bonds is 6. The van der Waals surface area contributed by atoms with E-state index in [4.69, 9.17) is 5.11 Å². The fourth-order valence-corrected chi connectivity index (χ4v) is 1.84. The van der Waals surface area contributed by atoms with Crippen LogP contribution >= 0.6 is 15.9 Å². The van der Waals surface area contributed by atoms with Gasteiger partial charge in [-0.15, -0.1) is 6.58 Å². The van der Waals surface area contributed by atoms with Crippen LogP contribution < -0.4 is 0 Å². The Morgan fingerprint density at radius 1 is 1.50 bits per heavy atom. The first-order valence-electron chi connectivity index (χ1n) is 4.92. The zero-order valence-electron chi connectivity index (χ0n) is 8.90. The van der Waals surface area contributed by atoms with Crippen molar-refractivity contribution in [3.05, 3.63) is 47.0 Å². The minimum Gasteiger partial charge on any atom is -0.480 e. The van der Waals surface area contributed by atoms with Crippen LogP contribution in [0.5, 0.6) is 0 Å². The summed E-state index contributed by atoms with van der Waals surface area (Å²) < 4.78 is 0.995. The van der Waals surface area contributed by atoms with Crippen molar-refractivity contribution in [2.45, 2.75) is 6.54 Å². The average Bonchev–Trinajstić information content (AvgIpc) is 2.21. The molecular formula is C12H14BrNO2. The Morgan fingerprint density at radius 2 is 2.19 bits per heavy atom. The fourth-order valence-electron chi connectivity index (χ4n) is 1.43. The van der Waals surface area contributed by atoms with Crippen LogP contribution in [0.4, 0.5) is 0 Å². The molecule has 16 heavy (non-hydrogen) atoms. The van der Waals surface area contributed by atoms with Gasteiger partial charge in [0.2, 0.25) is 0 Å². The normalized spacial score (nSPS) is 10.4. The average molecular weight is 284 g/mol. The van der Waals surface area contributed by atoms with Crippen molar-refractivity contribution in [3.8, 4) is 0 Å². The summed E-state index contributed by atoms with van der Waals surface area (Å²) in [5.74, 6) is -0.825. The molecule has 0 unspecified atom stereocenters. The van der Waals surface area contributed by atoms with Gasteiger partial charge in [-0.3, -0.25) is 9.69 Å². The summed E-state index contributed by atoms with van der Waals surface area (Å²) in [7, 11) is 0. The van der Waals surface area contributed by atoms with Gasteiger partial charge < -0.3 is 5.11 Å². The van der Waals surface area contributed by atoms with Gasteiger partial charge in [-0.1, -0.05) is 40.2 Å². The van der Waals surface area contributed by atoms with Crippen LogP contribution in [0.25, 0.3) is 0 Å². The van der Waals surface area contributed by atoms with Crippen molar-refractivity contribution in [1.82, 2.24) is 4.90 Å². The highest BCUT2D eigenvalue weighted by Gasteiger charge is 2.10. The molecule has 0 aliphatic heterocycles. The van der Waals surface area contributed by atoms with Crippen LogP contribution in [0, 0.1) is 0 Å². The minimum atomic E-state index is -0.825. The highest BCUT2D eigenvalue weighted by Crippen LogP contribution is 2.17. The van der Waals surface area contributed by atoms with Crippen LogP contribution in [0.15, 0.2) is 41.4 Å². The maximum atomic E-state index is 10.7. The van der Waals surface area contributed by atoms with E-state index in [1.807, 2.05) is 29.2 Å². The summed E-state index contributed by atoms with van der Waals surface area (Å²) in [5.41, 5.74) is 1.07. The monoisotopic (exact) mass is 283 g/mol. The molecule has 0 amide bonds. The molecule has 86 valence electrons. The number of carboxylic acid groups (broad SMARTS) is 1. The Hall–Kier alpha value is -1.13.